The van der Waals surface area contributed by atoms with E-state index in [0.717, 1.165) is 24.2 Å². The number of aromatic amines is 1. The molecule has 0 unspecified atom stereocenters. The number of hydrogen-bond acceptors (Lipinski definition) is 2. The van der Waals surface area contributed by atoms with E-state index in [1.807, 2.05) is 12.1 Å². The summed E-state index contributed by atoms with van der Waals surface area (Å²) < 4.78 is 5.32. The minimum Gasteiger partial charge on any atom is -0.497 e. The predicted molar refractivity (Wildman–Crippen MR) is 88.3 cm³/mol. The van der Waals surface area contributed by atoms with Crippen molar-refractivity contribution in [2.75, 3.05) is 25.6 Å². The summed E-state index contributed by atoms with van der Waals surface area (Å²) in [4.78, 5) is 5.61. The van der Waals surface area contributed by atoms with Gasteiger partial charge in [-0.2, -0.15) is 0 Å². The van der Waals surface area contributed by atoms with Crippen LogP contribution in [0.3, 0.4) is 0 Å². The number of methoxy groups -OCH3 is 1. The van der Waals surface area contributed by atoms with Gasteiger partial charge in [0.1, 0.15) is 5.75 Å². The van der Waals surface area contributed by atoms with Crippen molar-refractivity contribution in [1.82, 2.24) is 4.98 Å². The number of benzene rings is 2. The number of H-pyrrole nitrogens is 1. The highest BCUT2D eigenvalue weighted by Gasteiger charge is 2.07. The Bertz CT molecular complexity index is 718. The molecule has 0 fully saturated rings. The normalized spacial score (nSPS) is 10.8. The van der Waals surface area contributed by atoms with Crippen LogP contribution in [0.15, 0.2) is 54.7 Å². The Morgan fingerprint density at radius 3 is 2.67 bits per heavy atom. The quantitative estimate of drug-likeness (QED) is 0.768. The summed E-state index contributed by atoms with van der Waals surface area (Å²) in [5, 5.41) is 1.25. The van der Waals surface area contributed by atoms with Crippen molar-refractivity contribution in [2.45, 2.75) is 6.42 Å². The first-order valence-corrected chi connectivity index (χ1v) is 7.18. The minimum atomic E-state index is 0.903. The molecule has 0 bridgehead atoms. The lowest BCUT2D eigenvalue weighted by Gasteiger charge is -2.18. The van der Waals surface area contributed by atoms with Gasteiger partial charge in [0.15, 0.2) is 0 Å². The first kappa shape index (κ1) is 13.6. The van der Waals surface area contributed by atoms with E-state index in [1.54, 1.807) is 7.11 Å². The fourth-order valence-electron chi connectivity index (χ4n) is 2.59. The Hall–Kier alpha value is -2.42. The van der Waals surface area contributed by atoms with Gasteiger partial charge in [-0.1, -0.05) is 18.2 Å². The number of rotatable bonds is 5. The van der Waals surface area contributed by atoms with Crippen LogP contribution in [0.5, 0.6) is 5.75 Å². The zero-order chi connectivity index (χ0) is 14.7. The molecule has 21 heavy (non-hydrogen) atoms. The first-order valence-electron chi connectivity index (χ1n) is 7.18. The lowest BCUT2D eigenvalue weighted by Crippen LogP contribution is -2.19. The molecule has 0 atom stereocenters. The van der Waals surface area contributed by atoms with E-state index >= 15 is 0 Å². The largest absolute Gasteiger partial charge is 0.497 e. The fourth-order valence-corrected chi connectivity index (χ4v) is 2.59. The van der Waals surface area contributed by atoms with Crippen LogP contribution < -0.4 is 9.64 Å². The van der Waals surface area contributed by atoms with Gasteiger partial charge in [0.25, 0.3) is 0 Å². The zero-order valence-corrected chi connectivity index (χ0v) is 12.5. The third-order valence-electron chi connectivity index (χ3n) is 3.89. The maximum atomic E-state index is 5.32. The number of ether oxygens (including phenoxy) is 1. The van der Waals surface area contributed by atoms with E-state index in [9.17, 15) is 0 Å². The highest BCUT2D eigenvalue weighted by molar-refractivity contribution is 5.84. The summed E-state index contributed by atoms with van der Waals surface area (Å²) in [5.74, 6) is 0.903. The summed E-state index contributed by atoms with van der Waals surface area (Å²) in [6, 6.07) is 16.6. The van der Waals surface area contributed by atoms with Crippen LogP contribution in [0.2, 0.25) is 0 Å². The molecule has 0 amide bonds. The van der Waals surface area contributed by atoms with Crippen molar-refractivity contribution in [3.05, 3.63) is 60.3 Å². The number of aromatic nitrogens is 1. The Balaban J connectivity index is 1.76. The minimum absolute atomic E-state index is 0.903. The topological polar surface area (TPSA) is 28.3 Å². The van der Waals surface area contributed by atoms with Crippen molar-refractivity contribution in [3.8, 4) is 5.75 Å². The third kappa shape index (κ3) is 2.87. The van der Waals surface area contributed by atoms with Crippen LogP contribution in [-0.4, -0.2) is 25.7 Å². The summed E-state index contributed by atoms with van der Waals surface area (Å²) in [5.41, 5.74) is 3.73. The first-order chi connectivity index (χ1) is 10.3. The van der Waals surface area contributed by atoms with Crippen LogP contribution >= 0.6 is 0 Å². The predicted octanol–water partition coefficient (Wildman–Crippen LogP) is 3.86. The van der Waals surface area contributed by atoms with Gasteiger partial charge in [-0.25, -0.2) is 0 Å². The van der Waals surface area contributed by atoms with E-state index in [-0.39, 0.29) is 0 Å². The van der Waals surface area contributed by atoms with Gasteiger partial charge in [-0.05, 0) is 42.3 Å². The van der Waals surface area contributed by atoms with Gasteiger partial charge >= 0.3 is 0 Å². The molecule has 0 aliphatic carbocycles. The number of para-hydroxylation sites is 1. The molecule has 2 aromatic carbocycles. The Kier molecular flexibility index (Phi) is 3.82. The van der Waals surface area contributed by atoms with E-state index < -0.39 is 0 Å². The molecule has 1 heterocycles. The number of anilines is 1. The molecule has 3 rings (SSSR count). The van der Waals surface area contributed by atoms with E-state index in [1.165, 1.54) is 16.6 Å². The average Bonchev–Trinajstić information content (AvgIpc) is 2.95. The van der Waals surface area contributed by atoms with Crippen molar-refractivity contribution in [2.24, 2.45) is 0 Å². The number of nitrogens with one attached hydrogen (secondary N) is 1. The Morgan fingerprint density at radius 1 is 1.10 bits per heavy atom. The summed E-state index contributed by atoms with van der Waals surface area (Å²) in [7, 11) is 3.83. The van der Waals surface area contributed by atoms with Crippen molar-refractivity contribution >= 4 is 16.6 Å². The molecule has 0 radical (unpaired) electrons. The number of nitrogens with zero attached hydrogens (tertiary/aromatic N) is 1. The molecule has 0 aliphatic heterocycles. The highest BCUT2D eigenvalue weighted by Crippen LogP contribution is 2.24. The molecule has 0 saturated carbocycles. The number of hydrogen-bond donors (Lipinski definition) is 1. The number of fused-ring (bicyclic) bond motifs is 1. The van der Waals surface area contributed by atoms with Crippen LogP contribution in [0.4, 0.5) is 5.69 Å². The molecule has 3 nitrogen and oxygen atoms in total. The van der Waals surface area contributed by atoms with Gasteiger partial charge < -0.3 is 14.6 Å². The number of likely N-dealkylation sites (N-methyl/N-ethyl adjacent to an activating group) is 1. The average molecular weight is 280 g/mol. The zero-order valence-electron chi connectivity index (χ0n) is 12.5. The molecule has 1 N–H and O–H groups in total. The lowest BCUT2D eigenvalue weighted by atomic mass is 10.1. The molecule has 0 saturated heterocycles. The van der Waals surface area contributed by atoms with Crippen molar-refractivity contribution in [1.29, 1.82) is 0 Å². The maximum Gasteiger partial charge on any atom is 0.119 e. The summed E-state index contributed by atoms with van der Waals surface area (Å²) >= 11 is 0. The van der Waals surface area contributed by atoms with Gasteiger partial charge in [0.2, 0.25) is 0 Å². The van der Waals surface area contributed by atoms with Gasteiger partial charge in [-0.15, -0.1) is 0 Å². The summed E-state index contributed by atoms with van der Waals surface area (Å²) in [6.07, 6.45) is 3.10. The van der Waals surface area contributed by atoms with Gasteiger partial charge in [0, 0.05) is 36.4 Å². The van der Waals surface area contributed by atoms with Crippen LogP contribution in [0.25, 0.3) is 10.9 Å². The second-order valence-electron chi connectivity index (χ2n) is 5.23. The molecule has 0 spiro atoms. The lowest BCUT2D eigenvalue weighted by molar-refractivity contribution is 0.415. The van der Waals surface area contributed by atoms with Crippen LogP contribution in [0.1, 0.15) is 5.56 Å². The molecule has 0 aliphatic rings. The van der Waals surface area contributed by atoms with Crippen LogP contribution in [-0.2, 0) is 6.42 Å². The van der Waals surface area contributed by atoms with E-state index in [2.05, 4.69) is 59.5 Å². The second-order valence-corrected chi connectivity index (χ2v) is 5.23. The fraction of sp³-hybridized carbons (Fsp3) is 0.222. The van der Waals surface area contributed by atoms with Gasteiger partial charge in [0.05, 0.1) is 7.11 Å². The highest BCUT2D eigenvalue weighted by atomic mass is 16.5. The van der Waals surface area contributed by atoms with Crippen LogP contribution in [0, 0.1) is 0 Å². The molecule has 3 heteroatoms. The Morgan fingerprint density at radius 2 is 1.90 bits per heavy atom. The van der Waals surface area contributed by atoms with E-state index in [4.69, 9.17) is 4.74 Å². The standard InChI is InChI=1S/C18H20N2O/c1-20(15-6-4-3-5-7-15)11-10-14-13-19-18-9-8-16(21-2)12-17(14)18/h3-9,12-13,19H,10-11H2,1-2H3. The molecule has 108 valence electrons. The third-order valence-corrected chi connectivity index (χ3v) is 3.89. The summed E-state index contributed by atoms with van der Waals surface area (Å²) in [6.45, 7) is 0.980. The van der Waals surface area contributed by atoms with Gasteiger partial charge in [-0.3, -0.25) is 0 Å². The molecule has 1 aromatic heterocycles. The maximum absolute atomic E-state index is 5.32. The smallest absolute Gasteiger partial charge is 0.119 e. The molecular formula is C18H20N2O. The molecule has 3 aromatic rings. The van der Waals surface area contributed by atoms with Crippen molar-refractivity contribution in [3.63, 3.8) is 0 Å². The SMILES string of the molecule is COc1ccc2[nH]cc(CCN(C)c3ccccc3)c2c1. The second kappa shape index (κ2) is 5.92. The molecular weight excluding hydrogens is 260 g/mol. The Labute approximate surface area is 125 Å². The van der Waals surface area contributed by atoms with Crippen molar-refractivity contribution < 1.29 is 4.74 Å². The van der Waals surface area contributed by atoms with E-state index in [0.29, 0.717) is 0 Å². The monoisotopic (exact) mass is 280 g/mol.